The van der Waals surface area contributed by atoms with E-state index in [0.717, 1.165) is 5.69 Å². The van der Waals surface area contributed by atoms with Crippen LogP contribution in [0.15, 0.2) is 18.3 Å². The molecule has 8 heteroatoms. The molecule has 1 N–H and O–H groups in total. The first-order valence-electron chi connectivity index (χ1n) is 9.26. The molecule has 0 bridgehead atoms. The van der Waals surface area contributed by atoms with Gasteiger partial charge in [0.15, 0.2) is 0 Å². The van der Waals surface area contributed by atoms with Gasteiger partial charge in [0.2, 0.25) is 0 Å². The van der Waals surface area contributed by atoms with Crippen LogP contribution in [0.3, 0.4) is 0 Å². The number of anilines is 2. The van der Waals surface area contributed by atoms with Crippen molar-refractivity contribution in [3.63, 3.8) is 0 Å². The standard InChI is InChI=1S/C19H30N4O4/c1-6-15(26-5)17(24)21-16-8-7-14(13-20-16)22-9-11-23(12-10-22)18(25)27-19(2,3)4/h7-8,13,15H,6,9-12H2,1-5H3,(H,20,21,24). The van der Waals surface area contributed by atoms with Gasteiger partial charge in [-0.3, -0.25) is 4.79 Å². The van der Waals surface area contributed by atoms with Crippen molar-refractivity contribution in [3.05, 3.63) is 18.3 Å². The number of hydrogen-bond acceptors (Lipinski definition) is 6. The van der Waals surface area contributed by atoms with E-state index < -0.39 is 11.7 Å². The SMILES string of the molecule is CCC(OC)C(=O)Nc1ccc(N2CCN(C(=O)OC(C)(C)C)CC2)cn1. The van der Waals surface area contributed by atoms with Crippen LogP contribution in [0.25, 0.3) is 0 Å². The van der Waals surface area contributed by atoms with Crippen LogP contribution in [0.4, 0.5) is 16.3 Å². The van der Waals surface area contributed by atoms with Crippen LogP contribution in [0, 0.1) is 0 Å². The van der Waals surface area contributed by atoms with E-state index in [1.54, 1.807) is 17.2 Å². The molecule has 2 heterocycles. The van der Waals surface area contributed by atoms with Crippen molar-refractivity contribution < 1.29 is 19.1 Å². The summed E-state index contributed by atoms with van der Waals surface area (Å²) >= 11 is 0. The summed E-state index contributed by atoms with van der Waals surface area (Å²) in [7, 11) is 1.52. The molecule has 1 aliphatic heterocycles. The van der Waals surface area contributed by atoms with Gasteiger partial charge >= 0.3 is 6.09 Å². The van der Waals surface area contributed by atoms with E-state index in [-0.39, 0.29) is 12.0 Å². The normalized spacial score (nSPS) is 16.0. The first-order valence-corrected chi connectivity index (χ1v) is 9.26. The van der Waals surface area contributed by atoms with Gasteiger partial charge in [-0.25, -0.2) is 9.78 Å². The third kappa shape index (κ3) is 6.09. The molecule has 1 atom stereocenters. The van der Waals surface area contributed by atoms with Gasteiger partial charge in [0.1, 0.15) is 17.5 Å². The second-order valence-electron chi connectivity index (χ2n) is 7.48. The predicted molar refractivity (Wildman–Crippen MR) is 104 cm³/mol. The Hall–Kier alpha value is -2.35. The molecule has 0 aliphatic carbocycles. The van der Waals surface area contributed by atoms with Crippen LogP contribution in [0.2, 0.25) is 0 Å². The van der Waals surface area contributed by atoms with Crippen molar-refractivity contribution in [2.45, 2.75) is 45.8 Å². The lowest BCUT2D eigenvalue weighted by molar-refractivity contribution is -0.125. The number of nitrogens with one attached hydrogen (secondary N) is 1. The lowest BCUT2D eigenvalue weighted by Gasteiger charge is -2.36. The van der Waals surface area contributed by atoms with E-state index in [1.165, 1.54) is 7.11 Å². The molecule has 1 unspecified atom stereocenters. The summed E-state index contributed by atoms with van der Waals surface area (Å²) in [6.07, 6.45) is 1.57. The van der Waals surface area contributed by atoms with Crippen molar-refractivity contribution in [2.75, 3.05) is 43.5 Å². The molecule has 2 rings (SSSR count). The summed E-state index contributed by atoms with van der Waals surface area (Å²) in [5.41, 5.74) is 0.466. The first kappa shape index (κ1) is 21.0. The number of carbonyl (C=O) groups excluding carboxylic acids is 2. The summed E-state index contributed by atoms with van der Waals surface area (Å²) < 4.78 is 10.5. The Balaban J connectivity index is 1.88. The van der Waals surface area contributed by atoms with Gasteiger partial charge in [0, 0.05) is 33.3 Å². The van der Waals surface area contributed by atoms with Crippen molar-refractivity contribution >= 4 is 23.5 Å². The van der Waals surface area contributed by atoms with E-state index in [2.05, 4.69) is 15.2 Å². The van der Waals surface area contributed by atoms with Crippen LogP contribution in [-0.4, -0.2) is 66.9 Å². The molecule has 1 aromatic heterocycles. The van der Waals surface area contributed by atoms with Gasteiger partial charge in [-0.05, 0) is 39.3 Å². The average Bonchev–Trinajstić information content (AvgIpc) is 2.62. The number of nitrogens with zero attached hydrogens (tertiary/aromatic N) is 3. The second kappa shape index (κ2) is 9.03. The van der Waals surface area contributed by atoms with Crippen molar-refractivity contribution in [2.24, 2.45) is 0 Å². The molecule has 0 spiro atoms. The number of pyridine rings is 1. The molecule has 1 aromatic rings. The number of aromatic nitrogens is 1. The van der Waals surface area contributed by atoms with E-state index in [4.69, 9.17) is 9.47 Å². The zero-order valence-corrected chi connectivity index (χ0v) is 16.8. The van der Waals surface area contributed by atoms with Gasteiger partial charge in [0.05, 0.1) is 11.9 Å². The first-order chi connectivity index (χ1) is 12.7. The summed E-state index contributed by atoms with van der Waals surface area (Å²) in [5.74, 6) is 0.290. The minimum absolute atomic E-state index is 0.203. The Labute approximate surface area is 160 Å². The van der Waals surface area contributed by atoms with Gasteiger partial charge in [0.25, 0.3) is 5.91 Å². The smallest absolute Gasteiger partial charge is 0.410 e. The third-order valence-electron chi connectivity index (χ3n) is 4.24. The number of hydrogen-bond donors (Lipinski definition) is 1. The molecule has 2 amide bonds. The molecule has 1 fully saturated rings. The van der Waals surface area contributed by atoms with E-state index in [0.29, 0.717) is 38.4 Å². The Bertz CT molecular complexity index is 630. The fourth-order valence-electron chi connectivity index (χ4n) is 2.79. The number of amides is 2. The zero-order chi connectivity index (χ0) is 20.0. The quantitative estimate of drug-likeness (QED) is 0.847. The molecule has 0 radical (unpaired) electrons. The third-order valence-corrected chi connectivity index (χ3v) is 4.24. The molecule has 8 nitrogen and oxygen atoms in total. The van der Waals surface area contributed by atoms with Crippen LogP contribution in [0.1, 0.15) is 34.1 Å². The molecular weight excluding hydrogens is 348 g/mol. The molecule has 1 aliphatic rings. The predicted octanol–water partition coefficient (Wildman–Crippen LogP) is 2.50. The number of rotatable bonds is 5. The highest BCUT2D eigenvalue weighted by atomic mass is 16.6. The van der Waals surface area contributed by atoms with Crippen molar-refractivity contribution in [3.8, 4) is 0 Å². The van der Waals surface area contributed by atoms with Gasteiger partial charge < -0.3 is 24.6 Å². The minimum Gasteiger partial charge on any atom is -0.444 e. The number of ether oxygens (including phenoxy) is 2. The minimum atomic E-state index is -0.488. The maximum atomic E-state index is 12.1. The van der Waals surface area contributed by atoms with Crippen molar-refractivity contribution in [1.29, 1.82) is 0 Å². The Morgan fingerprint density at radius 3 is 2.37 bits per heavy atom. The zero-order valence-electron chi connectivity index (χ0n) is 16.8. The van der Waals surface area contributed by atoms with Gasteiger partial charge in [-0.2, -0.15) is 0 Å². The average molecular weight is 378 g/mol. The molecule has 1 saturated heterocycles. The molecular formula is C19H30N4O4. The lowest BCUT2D eigenvalue weighted by atomic mass is 10.2. The molecule has 0 saturated carbocycles. The molecule has 0 aromatic carbocycles. The highest BCUT2D eigenvalue weighted by Gasteiger charge is 2.26. The Morgan fingerprint density at radius 1 is 1.22 bits per heavy atom. The monoisotopic (exact) mass is 378 g/mol. The van der Waals surface area contributed by atoms with Crippen molar-refractivity contribution in [1.82, 2.24) is 9.88 Å². The lowest BCUT2D eigenvalue weighted by Crippen LogP contribution is -2.50. The Morgan fingerprint density at radius 2 is 1.89 bits per heavy atom. The maximum Gasteiger partial charge on any atom is 0.410 e. The summed E-state index contributed by atoms with van der Waals surface area (Å²) in [5, 5.41) is 2.75. The summed E-state index contributed by atoms with van der Waals surface area (Å²) in [6.45, 7) is 10.1. The highest BCUT2D eigenvalue weighted by molar-refractivity contribution is 5.93. The Kier molecular flexibility index (Phi) is 7.01. The van der Waals surface area contributed by atoms with Crippen LogP contribution in [-0.2, 0) is 14.3 Å². The van der Waals surface area contributed by atoms with Crippen LogP contribution < -0.4 is 10.2 Å². The fourth-order valence-corrected chi connectivity index (χ4v) is 2.79. The molecule has 150 valence electrons. The number of methoxy groups -OCH3 is 1. The summed E-state index contributed by atoms with van der Waals surface area (Å²) in [4.78, 5) is 32.3. The maximum absolute atomic E-state index is 12.1. The summed E-state index contributed by atoms with van der Waals surface area (Å²) in [6, 6.07) is 3.69. The fraction of sp³-hybridized carbons (Fsp3) is 0.632. The second-order valence-corrected chi connectivity index (χ2v) is 7.48. The van der Waals surface area contributed by atoms with Crippen LogP contribution in [0.5, 0.6) is 0 Å². The molecule has 27 heavy (non-hydrogen) atoms. The highest BCUT2D eigenvalue weighted by Crippen LogP contribution is 2.19. The topological polar surface area (TPSA) is 84.0 Å². The largest absolute Gasteiger partial charge is 0.444 e. The van der Waals surface area contributed by atoms with Gasteiger partial charge in [-0.1, -0.05) is 6.92 Å². The van der Waals surface area contributed by atoms with Crippen LogP contribution >= 0.6 is 0 Å². The number of piperazine rings is 1. The van der Waals surface area contributed by atoms with E-state index in [1.807, 2.05) is 33.8 Å². The van der Waals surface area contributed by atoms with Gasteiger partial charge in [-0.15, -0.1) is 0 Å². The van der Waals surface area contributed by atoms with E-state index in [9.17, 15) is 9.59 Å². The van der Waals surface area contributed by atoms with E-state index >= 15 is 0 Å². The number of carbonyl (C=O) groups is 2.